The summed E-state index contributed by atoms with van der Waals surface area (Å²) in [7, 11) is 0. The molecule has 1 aromatic rings. The minimum absolute atomic E-state index is 0.0814. The van der Waals surface area contributed by atoms with Gasteiger partial charge in [0.15, 0.2) is 0 Å². The first-order chi connectivity index (χ1) is 13.9. The van der Waals surface area contributed by atoms with Crippen LogP contribution in [0.25, 0.3) is 5.57 Å². The molecular formula is C22H27N3O4. The van der Waals surface area contributed by atoms with Crippen LogP contribution in [0.2, 0.25) is 0 Å². The zero-order valence-corrected chi connectivity index (χ0v) is 16.6. The molecule has 1 saturated carbocycles. The van der Waals surface area contributed by atoms with Gasteiger partial charge in [0.05, 0.1) is 5.92 Å². The van der Waals surface area contributed by atoms with Gasteiger partial charge in [0, 0.05) is 26.6 Å². The fourth-order valence-electron chi connectivity index (χ4n) is 4.76. The lowest BCUT2D eigenvalue weighted by Gasteiger charge is -2.45. The van der Waals surface area contributed by atoms with Crippen LogP contribution in [0.15, 0.2) is 36.4 Å². The number of piperidine rings is 1. The SMILES string of the molecule is CC(=O)N1CC2(CC2)C[C@H](C(=O)NO)[C@H]1C(=O)N1CC=C(c2ccccc2)CC1. The highest BCUT2D eigenvalue weighted by Gasteiger charge is 2.56. The summed E-state index contributed by atoms with van der Waals surface area (Å²) in [6.07, 6.45) is 5.18. The molecular weight excluding hydrogens is 370 g/mol. The van der Waals surface area contributed by atoms with Gasteiger partial charge >= 0.3 is 0 Å². The summed E-state index contributed by atoms with van der Waals surface area (Å²) < 4.78 is 0. The largest absolute Gasteiger partial charge is 0.337 e. The number of amides is 3. The number of nitrogens with one attached hydrogen (secondary N) is 1. The molecule has 0 bridgehead atoms. The van der Waals surface area contributed by atoms with Crippen molar-refractivity contribution >= 4 is 23.3 Å². The zero-order chi connectivity index (χ0) is 20.6. The van der Waals surface area contributed by atoms with E-state index in [1.54, 1.807) is 15.3 Å². The normalized spacial score (nSPS) is 25.4. The highest BCUT2D eigenvalue weighted by molar-refractivity contribution is 5.93. The van der Waals surface area contributed by atoms with Gasteiger partial charge in [-0.25, -0.2) is 5.48 Å². The van der Waals surface area contributed by atoms with Crippen molar-refractivity contribution in [2.24, 2.45) is 11.3 Å². The molecule has 2 aliphatic heterocycles. The standard InChI is InChI=1S/C22H27N3O4/c1-15(26)25-14-22(9-10-22)13-18(20(27)23-29)19(25)21(28)24-11-7-17(8-12-24)16-5-3-2-4-6-16/h2-7,18-19,29H,8-14H2,1H3,(H,23,27)/t18-,19-/m0/s1. The lowest BCUT2D eigenvalue weighted by molar-refractivity contribution is -0.157. The fourth-order valence-corrected chi connectivity index (χ4v) is 4.76. The Bertz CT molecular complexity index is 847. The van der Waals surface area contributed by atoms with Gasteiger partial charge in [-0.3, -0.25) is 19.6 Å². The third-order valence-corrected chi connectivity index (χ3v) is 6.60. The molecule has 1 aromatic carbocycles. The van der Waals surface area contributed by atoms with E-state index < -0.39 is 17.9 Å². The first-order valence-corrected chi connectivity index (χ1v) is 10.2. The average molecular weight is 397 g/mol. The lowest BCUT2D eigenvalue weighted by atomic mass is 9.79. The first kappa shape index (κ1) is 19.6. The average Bonchev–Trinajstić information content (AvgIpc) is 3.51. The van der Waals surface area contributed by atoms with Crippen LogP contribution in [-0.4, -0.2) is 58.4 Å². The molecule has 4 rings (SSSR count). The summed E-state index contributed by atoms with van der Waals surface area (Å²) in [4.78, 5) is 41.4. The Hall–Kier alpha value is -2.67. The number of likely N-dealkylation sites (tertiary alicyclic amines) is 1. The van der Waals surface area contributed by atoms with E-state index in [0.29, 0.717) is 26.1 Å². The minimum Gasteiger partial charge on any atom is -0.337 e. The third kappa shape index (κ3) is 3.79. The number of hydrogen-bond acceptors (Lipinski definition) is 4. The Balaban J connectivity index is 1.56. The quantitative estimate of drug-likeness (QED) is 0.601. The van der Waals surface area contributed by atoms with Gasteiger partial charge in [-0.1, -0.05) is 36.4 Å². The first-order valence-electron chi connectivity index (χ1n) is 10.2. The molecule has 1 spiro atoms. The number of rotatable bonds is 3. The smallest absolute Gasteiger partial charge is 0.249 e. The van der Waals surface area contributed by atoms with Crippen molar-refractivity contribution < 1.29 is 19.6 Å². The number of carbonyl (C=O) groups is 3. The van der Waals surface area contributed by atoms with Gasteiger partial charge in [-0.05, 0) is 42.2 Å². The fraction of sp³-hybridized carbons (Fsp3) is 0.500. The predicted octanol–water partition coefficient (Wildman–Crippen LogP) is 1.82. The van der Waals surface area contributed by atoms with Crippen LogP contribution in [0.3, 0.4) is 0 Å². The Morgan fingerprint density at radius 2 is 1.90 bits per heavy atom. The van der Waals surface area contributed by atoms with Crippen molar-refractivity contribution in [3.63, 3.8) is 0 Å². The second kappa shape index (κ2) is 7.63. The highest BCUT2D eigenvalue weighted by Crippen LogP contribution is 2.55. The van der Waals surface area contributed by atoms with Crippen molar-refractivity contribution in [1.82, 2.24) is 15.3 Å². The molecule has 7 heteroatoms. The van der Waals surface area contributed by atoms with E-state index in [1.807, 2.05) is 24.3 Å². The summed E-state index contributed by atoms with van der Waals surface area (Å²) in [6.45, 7) is 2.94. The second-order valence-electron chi connectivity index (χ2n) is 8.51. The Morgan fingerprint density at radius 3 is 2.45 bits per heavy atom. The van der Waals surface area contributed by atoms with Gasteiger partial charge in [0.25, 0.3) is 0 Å². The summed E-state index contributed by atoms with van der Waals surface area (Å²) in [5.41, 5.74) is 3.98. The topological polar surface area (TPSA) is 90.0 Å². The molecule has 2 fully saturated rings. The Kier molecular flexibility index (Phi) is 5.17. The van der Waals surface area contributed by atoms with E-state index in [-0.39, 0.29) is 17.2 Å². The van der Waals surface area contributed by atoms with Gasteiger partial charge in [-0.15, -0.1) is 0 Å². The van der Waals surface area contributed by atoms with Crippen LogP contribution in [0.4, 0.5) is 0 Å². The number of carbonyl (C=O) groups excluding carboxylic acids is 3. The molecule has 2 N–H and O–H groups in total. The van der Waals surface area contributed by atoms with E-state index in [9.17, 15) is 19.6 Å². The van der Waals surface area contributed by atoms with E-state index in [0.717, 1.165) is 24.8 Å². The third-order valence-electron chi connectivity index (χ3n) is 6.60. The van der Waals surface area contributed by atoms with E-state index >= 15 is 0 Å². The molecule has 2 atom stereocenters. The molecule has 0 aromatic heterocycles. The molecule has 3 aliphatic rings. The van der Waals surface area contributed by atoms with Gasteiger partial charge < -0.3 is 9.80 Å². The minimum atomic E-state index is -0.863. The van der Waals surface area contributed by atoms with Crippen molar-refractivity contribution in [2.45, 2.75) is 38.6 Å². The maximum Gasteiger partial charge on any atom is 0.249 e. The van der Waals surface area contributed by atoms with Gasteiger partial charge in [-0.2, -0.15) is 0 Å². The predicted molar refractivity (Wildman–Crippen MR) is 106 cm³/mol. The van der Waals surface area contributed by atoms with Gasteiger partial charge in [0.2, 0.25) is 17.7 Å². The number of hydroxylamine groups is 1. The van der Waals surface area contributed by atoms with E-state index in [2.05, 4.69) is 12.1 Å². The molecule has 29 heavy (non-hydrogen) atoms. The Labute approximate surface area is 170 Å². The van der Waals surface area contributed by atoms with Gasteiger partial charge in [0.1, 0.15) is 6.04 Å². The van der Waals surface area contributed by atoms with Crippen LogP contribution in [0, 0.1) is 11.3 Å². The van der Waals surface area contributed by atoms with Crippen molar-refractivity contribution in [2.75, 3.05) is 19.6 Å². The molecule has 154 valence electrons. The second-order valence-corrected chi connectivity index (χ2v) is 8.51. The number of hydrogen-bond donors (Lipinski definition) is 2. The van der Waals surface area contributed by atoms with Crippen LogP contribution in [0.5, 0.6) is 0 Å². The van der Waals surface area contributed by atoms with Crippen molar-refractivity contribution in [3.05, 3.63) is 42.0 Å². The molecule has 0 radical (unpaired) electrons. The summed E-state index contributed by atoms with van der Waals surface area (Å²) in [5.74, 6) is -1.74. The van der Waals surface area contributed by atoms with E-state index in [1.165, 1.54) is 12.5 Å². The molecule has 1 saturated heterocycles. The molecule has 0 unspecified atom stereocenters. The number of benzene rings is 1. The highest BCUT2D eigenvalue weighted by atomic mass is 16.5. The lowest BCUT2D eigenvalue weighted by Crippen LogP contribution is -2.61. The maximum atomic E-state index is 13.4. The zero-order valence-electron chi connectivity index (χ0n) is 16.6. The van der Waals surface area contributed by atoms with Crippen LogP contribution in [-0.2, 0) is 14.4 Å². The van der Waals surface area contributed by atoms with Crippen LogP contribution >= 0.6 is 0 Å². The van der Waals surface area contributed by atoms with Crippen molar-refractivity contribution in [3.8, 4) is 0 Å². The summed E-state index contributed by atoms with van der Waals surface area (Å²) in [6, 6.07) is 9.20. The van der Waals surface area contributed by atoms with E-state index in [4.69, 9.17) is 0 Å². The summed E-state index contributed by atoms with van der Waals surface area (Å²) >= 11 is 0. The maximum absolute atomic E-state index is 13.4. The molecule has 3 amide bonds. The van der Waals surface area contributed by atoms with Crippen molar-refractivity contribution in [1.29, 1.82) is 0 Å². The molecule has 7 nitrogen and oxygen atoms in total. The van der Waals surface area contributed by atoms with Crippen LogP contribution < -0.4 is 5.48 Å². The summed E-state index contributed by atoms with van der Waals surface area (Å²) in [5, 5.41) is 9.24. The monoisotopic (exact) mass is 397 g/mol. The van der Waals surface area contributed by atoms with Crippen LogP contribution in [0.1, 0.15) is 38.2 Å². The molecule has 1 aliphatic carbocycles. The Morgan fingerprint density at radius 1 is 1.17 bits per heavy atom. The molecule has 2 heterocycles. The number of nitrogens with zero attached hydrogens (tertiary/aromatic N) is 2.